The zero-order valence-corrected chi connectivity index (χ0v) is 8.87. The topological polar surface area (TPSA) is 54.4 Å². The third-order valence-electron chi connectivity index (χ3n) is 0.335. The van der Waals surface area contributed by atoms with Gasteiger partial charge in [-0.15, -0.1) is 0 Å². The molecule has 0 radical (unpaired) electrons. The molecule has 0 aromatic rings. The van der Waals surface area contributed by atoms with Gasteiger partial charge in [-0.3, -0.25) is 4.55 Å². The van der Waals surface area contributed by atoms with Crippen molar-refractivity contribution in [3.05, 3.63) is 0 Å². The Morgan fingerprint density at radius 2 is 2.00 bits per heavy atom. The van der Waals surface area contributed by atoms with Crippen molar-refractivity contribution in [1.82, 2.24) is 0 Å². The summed E-state index contributed by atoms with van der Waals surface area (Å²) >= 11 is 2.85. The average Bonchev–Trinajstić information content (AvgIpc) is 1.30. The summed E-state index contributed by atoms with van der Waals surface area (Å²) in [6.45, 7) is 0. The van der Waals surface area contributed by atoms with Gasteiger partial charge < -0.3 is 1.43 Å². The van der Waals surface area contributed by atoms with E-state index in [1.54, 1.807) is 0 Å². The summed E-state index contributed by atoms with van der Waals surface area (Å²) in [4.78, 5) is 0. The molecule has 0 saturated carbocycles. The number of hydrogen-bond acceptors (Lipinski definition) is 2. The smallest absolute Gasteiger partial charge is 1.00 e. The normalized spacial score (nSPS) is 10.2. The van der Waals surface area contributed by atoms with Gasteiger partial charge in [-0.1, -0.05) is 15.9 Å². The van der Waals surface area contributed by atoms with Gasteiger partial charge in [0.15, 0.2) is 0 Å². The molecule has 0 aliphatic heterocycles. The first kappa shape index (κ1) is 12.1. The molecule has 1 N–H and O–H groups in total. The minimum atomic E-state index is -3.72. The van der Waals surface area contributed by atoms with Gasteiger partial charge in [0.25, 0.3) is 10.1 Å². The zero-order valence-electron chi connectivity index (χ0n) is 5.46. The molecule has 3 nitrogen and oxygen atoms in total. The van der Waals surface area contributed by atoms with Gasteiger partial charge in [0.2, 0.25) is 0 Å². The minimum Gasteiger partial charge on any atom is -1.00 e. The van der Waals surface area contributed by atoms with Crippen LogP contribution in [0.15, 0.2) is 0 Å². The van der Waals surface area contributed by atoms with E-state index >= 15 is 0 Å². The Hall–Kier alpha value is 1.39. The molecular weight excluding hydrogens is 207 g/mol. The zero-order chi connectivity index (χ0) is 5.91. The largest absolute Gasteiger partial charge is 1.00 e. The van der Waals surface area contributed by atoms with E-state index in [1.807, 2.05) is 0 Å². The molecular formula is C2H6BrNaO3S. The van der Waals surface area contributed by atoms with Crippen molar-refractivity contribution < 1.29 is 44.0 Å². The third-order valence-corrected chi connectivity index (χ3v) is 1.98. The molecule has 0 aliphatic carbocycles. The molecule has 0 atom stereocenters. The molecule has 8 heavy (non-hydrogen) atoms. The van der Waals surface area contributed by atoms with Crippen molar-refractivity contribution in [2.45, 2.75) is 0 Å². The molecule has 0 rings (SSSR count). The van der Waals surface area contributed by atoms with Gasteiger partial charge in [0.05, 0.1) is 5.75 Å². The van der Waals surface area contributed by atoms with E-state index in [4.69, 9.17) is 4.55 Å². The fourth-order valence-electron chi connectivity index (χ4n) is 0.0975. The van der Waals surface area contributed by atoms with Crippen LogP contribution in [0.2, 0.25) is 0 Å². The number of alkyl halides is 1. The Bertz CT molecular complexity index is 135. The Morgan fingerprint density at radius 1 is 1.62 bits per heavy atom. The van der Waals surface area contributed by atoms with E-state index in [2.05, 4.69) is 15.9 Å². The second-order valence-electron chi connectivity index (χ2n) is 0.975. The molecule has 0 saturated heterocycles. The van der Waals surface area contributed by atoms with Crippen LogP contribution in [0, 0.1) is 0 Å². The van der Waals surface area contributed by atoms with Crippen molar-refractivity contribution in [3.8, 4) is 0 Å². The Morgan fingerprint density at radius 3 is 2.00 bits per heavy atom. The van der Waals surface area contributed by atoms with Crippen LogP contribution < -0.4 is 29.6 Å². The van der Waals surface area contributed by atoms with Crippen molar-refractivity contribution in [1.29, 1.82) is 0 Å². The summed E-state index contributed by atoms with van der Waals surface area (Å²) in [7, 11) is -3.72. The van der Waals surface area contributed by atoms with Crippen LogP contribution in [0.25, 0.3) is 0 Å². The van der Waals surface area contributed by atoms with Crippen LogP contribution in [0.3, 0.4) is 0 Å². The quantitative estimate of drug-likeness (QED) is 0.310. The summed E-state index contributed by atoms with van der Waals surface area (Å²) < 4.78 is 27.5. The molecule has 6 heteroatoms. The molecule has 0 aromatic heterocycles. The van der Waals surface area contributed by atoms with Crippen LogP contribution in [0.5, 0.6) is 0 Å². The maximum Gasteiger partial charge on any atom is 1.00 e. The summed E-state index contributed by atoms with van der Waals surface area (Å²) in [5.74, 6) is -0.215. The van der Waals surface area contributed by atoms with Gasteiger partial charge in [0.1, 0.15) is 0 Å². The number of rotatable bonds is 2. The molecule has 0 aromatic carbocycles. The van der Waals surface area contributed by atoms with Crippen molar-refractivity contribution in [3.63, 3.8) is 0 Å². The van der Waals surface area contributed by atoms with E-state index in [9.17, 15) is 8.42 Å². The maximum absolute atomic E-state index is 9.76. The Balaban J connectivity index is -0.000000180. The van der Waals surface area contributed by atoms with Crippen LogP contribution in [0.4, 0.5) is 0 Å². The molecule has 0 spiro atoms. The summed E-state index contributed by atoms with van der Waals surface area (Å²) in [5.41, 5.74) is 0. The standard InChI is InChI=1S/C2H5BrO3S.Na.H/c3-1-2-7(4,5)6;;/h1-2H2,(H,4,5,6);;/q;+1;-1. The van der Waals surface area contributed by atoms with E-state index < -0.39 is 10.1 Å². The van der Waals surface area contributed by atoms with Crippen molar-refractivity contribution in [2.24, 2.45) is 0 Å². The number of halogens is 1. The molecule has 0 heterocycles. The maximum atomic E-state index is 9.76. The SMILES string of the molecule is O=S(=O)(O)CCBr.[H-].[Na+]. The second-order valence-corrected chi connectivity index (χ2v) is 3.34. The van der Waals surface area contributed by atoms with Gasteiger partial charge in [-0.05, 0) is 0 Å². The van der Waals surface area contributed by atoms with Crippen LogP contribution in [0.1, 0.15) is 1.43 Å². The first-order valence-corrected chi connectivity index (χ1v) is 4.30. The van der Waals surface area contributed by atoms with Gasteiger partial charge in [0, 0.05) is 5.33 Å². The molecule has 0 amide bonds. The van der Waals surface area contributed by atoms with E-state index in [-0.39, 0.29) is 42.1 Å². The molecule has 0 fully saturated rings. The predicted molar refractivity (Wildman–Crippen MR) is 31.3 cm³/mol. The molecule has 46 valence electrons. The summed E-state index contributed by atoms with van der Waals surface area (Å²) in [5, 5.41) is 0.284. The average molecular weight is 213 g/mol. The van der Waals surface area contributed by atoms with Gasteiger partial charge in [-0.25, -0.2) is 0 Å². The van der Waals surface area contributed by atoms with Gasteiger partial charge >= 0.3 is 29.6 Å². The van der Waals surface area contributed by atoms with Crippen LogP contribution in [-0.2, 0) is 10.1 Å². The predicted octanol–water partition coefficient (Wildman–Crippen LogP) is -2.61. The van der Waals surface area contributed by atoms with Crippen molar-refractivity contribution >= 4 is 26.0 Å². The van der Waals surface area contributed by atoms with E-state index in [0.717, 1.165) is 0 Å². The van der Waals surface area contributed by atoms with Crippen molar-refractivity contribution in [2.75, 3.05) is 11.1 Å². The van der Waals surface area contributed by atoms with Crippen LogP contribution in [-0.4, -0.2) is 24.1 Å². The van der Waals surface area contributed by atoms with E-state index in [0.29, 0.717) is 0 Å². The van der Waals surface area contributed by atoms with E-state index in [1.165, 1.54) is 0 Å². The molecule has 0 unspecified atom stereocenters. The van der Waals surface area contributed by atoms with Crippen LogP contribution >= 0.6 is 15.9 Å². The summed E-state index contributed by atoms with van der Waals surface area (Å²) in [6, 6.07) is 0. The first-order chi connectivity index (χ1) is 3.06. The first-order valence-electron chi connectivity index (χ1n) is 1.57. The fraction of sp³-hybridized carbons (Fsp3) is 1.00. The Kier molecular flexibility index (Phi) is 7.86. The minimum absolute atomic E-state index is 0. The molecule has 0 bridgehead atoms. The third kappa shape index (κ3) is 10.4. The second kappa shape index (κ2) is 5.20. The van der Waals surface area contributed by atoms with Gasteiger partial charge in [-0.2, -0.15) is 8.42 Å². The summed E-state index contributed by atoms with van der Waals surface area (Å²) in [6.07, 6.45) is 0. The molecule has 0 aliphatic rings. The monoisotopic (exact) mass is 212 g/mol. The fourth-order valence-corrected chi connectivity index (χ4v) is 1.52. The Labute approximate surface area is 80.5 Å². The number of hydrogen-bond donors (Lipinski definition) is 1.